The van der Waals surface area contributed by atoms with Crippen LogP contribution in [0.2, 0.25) is 0 Å². The van der Waals surface area contributed by atoms with Crippen molar-refractivity contribution < 1.29 is 4.39 Å². The van der Waals surface area contributed by atoms with Crippen LogP contribution >= 0.6 is 11.3 Å². The summed E-state index contributed by atoms with van der Waals surface area (Å²) in [6, 6.07) is 28.3. The number of para-hydroxylation sites is 2. The van der Waals surface area contributed by atoms with Gasteiger partial charge in [-0.15, -0.1) is 0 Å². The second kappa shape index (κ2) is 8.42. The van der Waals surface area contributed by atoms with Gasteiger partial charge in [-0.1, -0.05) is 0 Å². The van der Waals surface area contributed by atoms with Crippen LogP contribution in [0.3, 0.4) is 0 Å². The first-order valence-corrected chi connectivity index (χ1v) is 14.4. The molecule has 1 aliphatic heterocycles. The molecule has 2 aromatic heterocycles. The van der Waals surface area contributed by atoms with Crippen molar-refractivity contribution in [2.24, 2.45) is 0 Å². The Bertz CT molecular complexity index is 1550. The van der Waals surface area contributed by atoms with E-state index in [9.17, 15) is 9.65 Å². The third-order valence-electron chi connectivity index (χ3n) is 5.25. The van der Waals surface area contributed by atoms with E-state index in [0.717, 1.165) is 9.14 Å². The Morgan fingerprint density at radius 1 is 0.970 bits per heavy atom. The molecule has 0 atom stereocenters. The average Bonchev–Trinajstić information content (AvgIpc) is 3.47. The molecule has 0 saturated heterocycles. The molecule has 3 heterocycles. The molecular formula is C26H14FN3SSe2. The third kappa shape index (κ3) is 3.77. The summed E-state index contributed by atoms with van der Waals surface area (Å²) in [6.45, 7) is 0. The number of rotatable bonds is 3. The van der Waals surface area contributed by atoms with Crippen molar-refractivity contribution in [3.05, 3.63) is 94.1 Å². The van der Waals surface area contributed by atoms with Crippen molar-refractivity contribution in [3.8, 4) is 6.07 Å². The SMILES string of the molecule is N#C/C(=C\c1ccc(N2c3ccccc3[Se]c3ccccc32)[se]1)c1nc2ccc(F)cc2s1. The van der Waals surface area contributed by atoms with Gasteiger partial charge in [-0.3, -0.25) is 0 Å². The molecule has 0 saturated carbocycles. The van der Waals surface area contributed by atoms with E-state index in [1.54, 1.807) is 6.07 Å². The molecule has 7 heteroatoms. The van der Waals surface area contributed by atoms with Gasteiger partial charge in [0.2, 0.25) is 0 Å². The van der Waals surface area contributed by atoms with Gasteiger partial charge in [-0.2, -0.15) is 0 Å². The fourth-order valence-electron chi connectivity index (χ4n) is 3.78. The van der Waals surface area contributed by atoms with Gasteiger partial charge in [0.15, 0.2) is 0 Å². The van der Waals surface area contributed by atoms with E-state index in [1.165, 1.54) is 48.3 Å². The second-order valence-electron chi connectivity index (χ2n) is 7.35. The number of hydrogen-bond donors (Lipinski definition) is 0. The molecule has 0 spiro atoms. The van der Waals surface area contributed by atoms with Crippen LogP contribution in [0.25, 0.3) is 21.9 Å². The Hall–Kier alpha value is -2.97. The van der Waals surface area contributed by atoms with Gasteiger partial charge in [0.05, 0.1) is 0 Å². The van der Waals surface area contributed by atoms with Crippen LogP contribution in [-0.2, 0) is 0 Å². The van der Waals surface area contributed by atoms with Gasteiger partial charge >= 0.3 is 207 Å². The van der Waals surface area contributed by atoms with Gasteiger partial charge in [0.25, 0.3) is 0 Å². The third-order valence-corrected chi connectivity index (χ3v) is 10.8. The molecule has 0 N–H and O–H groups in total. The first-order valence-electron chi connectivity index (χ1n) is 10.1. The maximum atomic E-state index is 13.6. The zero-order valence-corrected chi connectivity index (χ0v) is 21.3. The number of fused-ring (bicyclic) bond motifs is 3. The standard InChI is InChI=1S/C26H14FN3SSe2/c27-17-9-11-19-22(14-17)31-26(29-19)16(15-28)13-18-10-12-25(32-18)30-20-5-1-3-7-23(20)33-24-8-4-2-6-21(24)30/h1-14H/b16-13+. The quantitative estimate of drug-likeness (QED) is 0.220. The molecule has 0 radical (unpaired) electrons. The van der Waals surface area contributed by atoms with Crippen LogP contribution in [0.4, 0.5) is 20.3 Å². The fraction of sp³-hybridized carbons (Fsp3) is 0. The van der Waals surface area contributed by atoms with Crippen molar-refractivity contribution in [3.63, 3.8) is 0 Å². The normalized spacial score (nSPS) is 13.0. The van der Waals surface area contributed by atoms with E-state index in [4.69, 9.17) is 0 Å². The molecule has 3 aromatic carbocycles. The van der Waals surface area contributed by atoms with E-state index >= 15 is 0 Å². The van der Waals surface area contributed by atoms with Crippen molar-refractivity contribution >= 4 is 87.5 Å². The molecule has 33 heavy (non-hydrogen) atoms. The molecular weight excluding hydrogens is 563 g/mol. The van der Waals surface area contributed by atoms with Crippen LogP contribution in [0.1, 0.15) is 9.44 Å². The maximum absolute atomic E-state index is 13.6. The zero-order chi connectivity index (χ0) is 22.4. The fourth-order valence-corrected chi connectivity index (χ4v) is 9.01. The van der Waals surface area contributed by atoms with Gasteiger partial charge < -0.3 is 0 Å². The van der Waals surface area contributed by atoms with Crippen LogP contribution in [0.15, 0.2) is 78.9 Å². The monoisotopic (exact) mass is 579 g/mol. The number of hydrogen-bond acceptors (Lipinski definition) is 4. The minimum absolute atomic E-state index is 0.0372. The predicted molar refractivity (Wildman–Crippen MR) is 136 cm³/mol. The van der Waals surface area contributed by atoms with Gasteiger partial charge in [0.1, 0.15) is 0 Å². The predicted octanol–water partition coefficient (Wildman–Crippen LogP) is 4.99. The summed E-state index contributed by atoms with van der Waals surface area (Å²) in [7, 11) is 0. The number of allylic oxidation sites excluding steroid dienone is 1. The molecule has 5 aromatic rings. The Kier molecular flexibility index (Phi) is 5.26. The van der Waals surface area contributed by atoms with E-state index in [1.807, 2.05) is 6.08 Å². The van der Waals surface area contributed by atoms with Crippen molar-refractivity contribution in [1.82, 2.24) is 4.98 Å². The Balaban J connectivity index is 1.41. The number of nitrogens with zero attached hydrogens (tertiary/aromatic N) is 3. The molecule has 158 valence electrons. The number of benzene rings is 3. The van der Waals surface area contributed by atoms with Crippen LogP contribution in [-0.4, -0.2) is 34.4 Å². The average molecular weight is 577 g/mol. The summed E-state index contributed by atoms with van der Waals surface area (Å²) < 4.78 is 19.4. The van der Waals surface area contributed by atoms with Crippen LogP contribution in [0.5, 0.6) is 0 Å². The number of halogens is 1. The van der Waals surface area contributed by atoms with Crippen molar-refractivity contribution in [2.75, 3.05) is 4.90 Å². The van der Waals surface area contributed by atoms with E-state index < -0.39 is 0 Å². The number of thiazole rings is 1. The number of nitriles is 1. The molecule has 0 amide bonds. The zero-order valence-electron chi connectivity index (χ0n) is 17.0. The van der Waals surface area contributed by atoms with E-state index in [-0.39, 0.29) is 35.3 Å². The Morgan fingerprint density at radius 2 is 1.70 bits per heavy atom. The van der Waals surface area contributed by atoms with Crippen LogP contribution < -0.4 is 13.8 Å². The minimum atomic E-state index is -0.292. The van der Waals surface area contributed by atoms with Crippen molar-refractivity contribution in [1.29, 1.82) is 5.26 Å². The van der Waals surface area contributed by atoms with E-state index in [0.29, 0.717) is 16.1 Å². The first kappa shape index (κ1) is 20.6. The summed E-state index contributed by atoms with van der Waals surface area (Å²) in [5.74, 6) is -0.292. The van der Waals surface area contributed by atoms with E-state index in [2.05, 4.69) is 76.6 Å². The molecule has 6 rings (SSSR count). The Labute approximate surface area is 206 Å². The second-order valence-corrected chi connectivity index (χ2v) is 12.9. The summed E-state index contributed by atoms with van der Waals surface area (Å²) in [5.41, 5.74) is 3.72. The summed E-state index contributed by atoms with van der Waals surface area (Å²) in [5, 5.41) is 10.4. The molecule has 1 aliphatic rings. The topological polar surface area (TPSA) is 39.9 Å². The van der Waals surface area contributed by atoms with Gasteiger partial charge in [-0.05, 0) is 0 Å². The first-order chi connectivity index (χ1) is 16.2. The molecule has 0 fully saturated rings. The van der Waals surface area contributed by atoms with Crippen molar-refractivity contribution in [2.45, 2.75) is 0 Å². The van der Waals surface area contributed by atoms with Crippen LogP contribution in [0, 0.1) is 17.1 Å². The number of anilines is 3. The number of aromatic nitrogens is 1. The molecule has 0 unspecified atom stereocenters. The summed E-state index contributed by atoms with van der Waals surface area (Å²) in [4.78, 5) is 6.93. The Morgan fingerprint density at radius 3 is 2.42 bits per heavy atom. The molecule has 0 bridgehead atoms. The van der Waals surface area contributed by atoms with Gasteiger partial charge in [0, 0.05) is 0 Å². The summed E-state index contributed by atoms with van der Waals surface area (Å²) in [6.07, 6.45) is 1.93. The molecule has 3 nitrogen and oxygen atoms in total. The molecule has 0 aliphatic carbocycles. The summed E-state index contributed by atoms with van der Waals surface area (Å²) >= 11 is 1.67. The van der Waals surface area contributed by atoms with Gasteiger partial charge in [-0.25, -0.2) is 0 Å².